The first-order chi connectivity index (χ1) is 10.3. The zero-order valence-corrected chi connectivity index (χ0v) is 13.1. The molecule has 0 saturated carbocycles. The summed E-state index contributed by atoms with van der Waals surface area (Å²) < 4.78 is 44.6. The standard InChI is InChI=1S/C15H12ClF3O2S/c1-9-14(15(17,18)19)13(7-22-9)12(6-21-8-20)10-2-4-11(16)5-3-10/h2-5,7-8,12H,6H2,1H3. The maximum atomic E-state index is 13.3. The fourth-order valence-electron chi connectivity index (χ4n) is 2.29. The lowest BCUT2D eigenvalue weighted by atomic mass is 9.90. The van der Waals surface area contributed by atoms with Crippen molar-refractivity contribution in [3.63, 3.8) is 0 Å². The minimum Gasteiger partial charge on any atom is -0.467 e. The van der Waals surface area contributed by atoms with E-state index in [1.165, 1.54) is 12.3 Å². The molecule has 0 saturated heterocycles. The predicted octanol–water partition coefficient (Wildman–Crippen LogP) is 5.03. The predicted molar refractivity (Wildman–Crippen MR) is 79.4 cm³/mol. The van der Waals surface area contributed by atoms with E-state index in [1.807, 2.05) is 0 Å². The van der Waals surface area contributed by atoms with Crippen molar-refractivity contribution in [1.29, 1.82) is 0 Å². The van der Waals surface area contributed by atoms with Crippen molar-refractivity contribution in [2.24, 2.45) is 0 Å². The van der Waals surface area contributed by atoms with Crippen LogP contribution in [0.5, 0.6) is 0 Å². The van der Waals surface area contributed by atoms with Crippen LogP contribution >= 0.6 is 22.9 Å². The third-order valence-electron chi connectivity index (χ3n) is 3.27. The number of benzene rings is 1. The molecule has 1 aromatic heterocycles. The van der Waals surface area contributed by atoms with Gasteiger partial charge in [0, 0.05) is 15.8 Å². The molecule has 0 amide bonds. The second-order valence-electron chi connectivity index (χ2n) is 4.65. The summed E-state index contributed by atoms with van der Waals surface area (Å²) in [6, 6.07) is 6.46. The van der Waals surface area contributed by atoms with Gasteiger partial charge in [-0.05, 0) is 35.6 Å². The monoisotopic (exact) mass is 348 g/mol. The van der Waals surface area contributed by atoms with Crippen molar-refractivity contribution in [3.05, 3.63) is 56.2 Å². The van der Waals surface area contributed by atoms with Crippen LogP contribution in [0.25, 0.3) is 0 Å². The molecule has 0 spiro atoms. The molecule has 1 aromatic carbocycles. The van der Waals surface area contributed by atoms with Gasteiger partial charge in [0.05, 0.1) is 5.56 Å². The van der Waals surface area contributed by atoms with E-state index in [4.69, 9.17) is 16.3 Å². The molecule has 1 atom stereocenters. The van der Waals surface area contributed by atoms with Gasteiger partial charge in [-0.15, -0.1) is 11.3 Å². The quantitative estimate of drug-likeness (QED) is 0.708. The fourth-order valence-corrected chi connectivity index (χ4v) is 3.35. The Kier molecular flexibility index (Phi) is 5.13. The molecule has 0 N–H and O–H groups in total. The number of carbonyl (C=O) groups is 1. The highest BCUT2D eigenvalue weighted by atomic mass is 35.5. The Morgan fingerprint density at radius 1 is 1.32 bits per heavy atom. The van der Waals surface area contributed by atoms with E-state index in [1.54, 1.807) is 24.3 Å². The van der Waals surface area contributed by atoms with E-state index in [2.05, 4.69) is 0 Å². The highest BCUT2D eigenvalue weighted by molar-refractivity contribution is 7.10. The highest BCUT2D eigenvalue weighted by Gasteiger charge is 2.38. The molecule has 22 heavy (non-hydrogen) atoms. The van der Waals surface area contributed by atoms with E-state index < -0.39 is 17.7 Å². The van der Waals surface area contributed by atoms with Crippen molar-refractivity contribution in [1.82, 2.24) is 0 Å². The Hall–Kier alpha value is -1.53. The Morgan fingerprint density at radius 2 is 1.95 bits per heavy atom. The Balaban J connectivity index is 2.51. The topological polar surface area (TPSA) is 26.3 Å². The van der Waals surface area contributed by atoms with Crippen LogP contribution < -0.4 is 0 Å². The summed E-state index contributed by atoms with van der Waals surface area (Å²) in [4.78, 5) is 10.6. The van der Waals surface area contributed by atoms with Crippen molar-refractivity contribution in [3.8, 4) is 0 Å². The molecular formula is C15H12ClF3O2S. The van der Waals surface area contributed by atoms with Gasteiger partial charge in [0.2, 0.25) is 0 Å². The molecule has 2 aromatic rings. The average Bonchev–Trinajstić information content (AvgIpc) is 2.83. The summed E-state index contributed by atoms with van der Waals surface area (Å²) in [5.41, 5.74) is 0.0562. The Labute approximate surface area is 134 Å². The average molecular weight is 349 g/mol. The van der Waals surface area contributed by atoms with Gasteiger partial charge in [-0.2, -0.15) is 13.2 Å². The van der Waals surface area contributed by atoms with Crippen LogP contribution in [0.2, 0.25) is 5.02 Å². The molecule has 0 radical (unpaired) electrons. The van der Waals surface area contributed by atoms with Gasteiger partial charge in [-0.25, -0.2) is 0 Å². The van der Waals surface area contributed by atoms with Crippen LogP contribution in [-0.4, -0.2) is 13.1 Å². The normalized spacial score (nSPS) is 13.0. The lowest BCUT2D eigenvalue weighted by Crippen LogP contribution is -2.15. The maximum Gasteiger partial charge on any atom is 0.417 e. The molecule has 2 nitrogen and oxygen atoms in total. The zero-order chi connectivity index (χ0) is 16.3. The molecule has 2 rings (SSSR count). The second kappa shape index (κ2) is 6.71. The van der Waals surface area contributed by atoms with Crippen LogP contribution in [0.4, 0.5) is 13.2 Å². The molecule has 0 fully saturated rings. The molecule has 1 unspecified atom stereocenters. The molecule has 0 aliphatic heterocycles. The van der Waals surface area contributed by atoms with Crippen molar-refractivity contribution in [2.45, 2.75) is 19.0 Å². The van der Waals surface area contributed by atoms with Crippen LogP contribution in [0.3, 0.4) is 0 Å². The third kappa shape index (κ3) is 3.62. The lowest BCUT2D eigenvalue weighted by molar-refractivity contribution is -0.138. The van der Waals surface area contributed by atoms with Crippen molar-refractivity contribution < 1.29 is 22.7 Å². The van der Waals surface area contributed by atoms with E-state index in [0.717, 1.165) is 11.3 Å². The molecule has 0 aliphatic carbocycles. The molecule has 118 valence electrons. The van der Waals surface area contributed by atoms with Crippen molar-refractivity contribution >= 4 is 29.4 Å². The number of hydrogen-bond donors (Lipinski definition) is 0. The van der Waals surface area contributed by atoms with E-state index in [9.17, 15) is 18.0 Å². The first kappa shape index (κ1) is 16.8. The Bertz CT molecular complexity index is 650. The molecule has 0 aliphatic rings. The number of aryl methyl sites for hydroxylation is 1. The van der Waals surface area contributed by atoms with Gasteiger partial charge >= 0.3 is 6.18 Å². The molecule has 7 heteroatoms. The SMILES string of the molecule is Cc1scc(C(COC=O)c2ccc(Cl)cc2)c1C(F)(F)F. The van der Waals surface area contributed by atoms with Crippen LogP contribution in [-0.2, 0) is 15.7 Å². The zero-order valence-electron chi connectivity index (χ0n) is 11.5. The minimum absolute atomic E-state index is 0.110. The van der Waals surface area contributed by atoms with Gasteiger partial charge in [-0.3, -0.25) is 4.79 Å². The molecule has 1 heterocycles. The van der Waals surface area contributed by atoms with E-state index in [0.29, 0.717) is 10.6 Å². The van der Waals surface area contributed by atoms with Gasteiger partial charge in [0.1, 0.15) is 6.61 Å². The second-order valence-corrected chi connectivity index (χ2v) is 6.17. The number of halogens is 4. The number of rotatable bonds is 5. The molecular weight excluding hydrogens is 337 g/mol. The highest BCUT2D eigenvalue weighted by Crippen LogP contribution is 2.42. The summed E-state index contributed by atoms with van der Waals surface area (Å²) in [6.07, 6.45) is -4.45. The maximum absolute atomic E-state index is 13.3. The van der Waals surface area contributed by atoms with Crippen molar-refractivity contribution in [2.75, 3.05) is 6.61 Å². The third-order valence-corrected chi connectivity index (χ3v) is 4.45. The minimum atomic E-state index is -4.45. The Morgan fingerprint density at radius 3 is 2.50 bits per heavy atom. The summed E-state index contributed by atoms with van der Waals surface area (Å²) in [6.45, 7) is 1.50. The number of hydrogen-bond acceptors (Lipinski definition) is 3. The van der Waals surface area contributed by atoms with Crippen LogP contribution in [0, 0.1) is 6.92 Å². The van der Waals surface area contributed by atoms with Gasteiger partial charge in [-0.1, -0.05) is 23.7 Å². The number of thiophene rings is 1. The largest absolute Gasteiger partial charge is 0.467 e. The van der Waals surface area contributed by atoms with Gasteiger partial charge in [0.15, 0.2) is 0 Å². The molecule has 0 bridgehead atoms. The number of alkyl halides is 3. The van der Waals surface area contributed by atoms with Gasteiger partial charge in [0.25, 0.3) is 6.47 Å². The summed E-state index contributed by atoms with van der Waals surface area (Å²) in [5, 5.41) is 1.95. The smallest absolute Gasteiger partial charge is 0.417 e. The fraction of sp³-hybridized carbons (Fsp3) is 0.267. The first-order valence-electron chi connectivity index (χ1n) is 6.30. The first-order valence-corrected chi connectivity index (χ1v) is 7.56. The number of carbonyl (C=O) groups excluding carboxylic acids is 1. The van der Waals surface area contributed by atoms with Crippen LogP contribution in [0.1, 0.15) is 27.5 Å². The lowest BCUT2D eigenvalue weighted by Gasteiger charge is -2.19. The summed E-state index contributed by atoms with van der Waals surface area (Å²) in [7, 11) is 0. The number of ether oxygens (including phenoxy) is 1. The van der Waals surface area contributed by atoms with Gasteiger partial charge < -0.3 is 4.74 Å². The van der Waals surface area contributed by atoms with E-state index >= 15 is 0 Å². The summed E-state index contributed by atoms with van der Waals surface area (Å²) in [5.74, 6) is -0.691. The van der Waals surface area contributed by atoms with E-state index in [-0.39, 0.29) is 23.5 Å². The van der Waals surface area contributed by atoms with Crippen LogP contribution in [0.15, 0.2) is 29.6 Å². The summed E-state index contributed by atoms with van der Waals surface area (Å²) >= 11 is 6.84.